The molecular formula is C20H12ClF2NO2S. The summed E-state index contributed by atoms with van der Waals surface area (Å²) in [6, 6.07) is 10.1. The Hall–Kier alpha value is -2.54. The van der Waals surface area contributed by atoms with Gasteiger partial charge in [-0.3, -0.25) is 4.98 Å². The fraction of sp³-hybridized carbons (Fsp3) is 0.0500. The van der Waals surface area contributed by atoms with E-state index in [1.54, 1.807) is 30.5 Å². The van der Waals surface area contributed by atoms with E-state index < -0.39 is 17.7 Å². The lowest BCUT2D eigenvalue weighted by Gasteiger charge is -2.13. The number of hydrogen-bond donors (Lipinski definition) is 1. The van der Waals surface area contributed by atoms with Crippen molar-refractivity contribution in [3.63, 3.8) is 0 Å². The summed E-state index contributed by atoms with van der Waals surface area (Å²) < 4.78 is 33.9. The van der Waals surface area contributed by atoms with Gasteiger partial charge < -0.3 is 9.52 Å². The van der Waals surface area contributed by atoms with Crippen LogP contribution >= 0.6 is 22.9 Å². The molecule has 0 aliphatic heterocycles. The van der Waals surface area contributed by atoms with E-state index in [1.807, 2.05) is 0 Å². The molecule has 1 aromatic carbocycles. The molecule has 0 bridgehead atoms. The Morgan fingerprint density at radius 2 is 1.96 bits per heavy atom. The number of aromatic nitrogens is 1. The molecule has 0 fully saturated rings. The number of hydrogen-bond acceptors (Lipinski definition) is 4. The first kappa shape index (κ1) is 17.9. The van der Waals surface area contributed by atoms with Gasteiger partial charge in [-0.1, -0.05) is 17.7 Å². The van der Waals surface area contributed by atoms with Gasteiger partial charge in [-0.25, -0.2) is 8.78 Å². The second-order valence-electron chi connectivity index (χ2n) is 5.81. The van der Waals surface area contributed by atoms with Crippen LogP contribution in [-0.4, -0.2) is 10.1 Å². The molecule has 0 aliphatic rings. The third kappa shape index (κ3) is 3.39. The van der Waals surface area contributed by atoms with Crippen molar-refractivity contribution in [2.45, 2.75) is 6.10 Å². The predicted octanol–water partition coefficient (Wildman–Crippen LogP) is 6.08. The van der Waals surface area contributed by atoms with Crippen LogP contribution in [0.1, 0.15) is 17.2 Å². The molecule has 0 spiro atoms. The number of halogens is 3. The SMILES string of the molecule is OC(c1cccnc1)c1c(-c2ccc(Cl)s2)coc1-c1ccc(F)cc1F. The van der Waals surface area contributed by atoms with Crippen molar-refractivity contribution in [1.82, 2.24) is 4.98 Å². The molecule has 7 heteroatoms. The molecule has 1 N–H and O–H groups in total. The topological polar surface area (TPSA) is 46.3 Å². The van der Waals surface area contributed by atoms with Gasteiger partial charge in [0.25, 0.3) is 0 Å². The summed E-state index contributed by atoms with van der Waals surface area (Å²) in [5.41, 5.74) is 1.53. The van der Waals surface area contributed by atoms with Crippen molar-refractivity contribution in [2.24, 2.45) is 0 Å². The Balaban J connectivity index is 1.93. The zero-order chi connectivity index (χ0) is 19.0. The number of aliphatic hydroxyl groups is 1. The number of aliphatic hydroxyl groups excluding tert-OH is 1. The maximum absolute atomic E-state index is 14.4. The Bertz CT molecular complexity index is 1090. The van der Waals surface area contributed by atoms with Crippen molar-refractivity contribution in [2.75, 3.05) is 0 Å². The number of benzene rings is 1. The zero-order valence-corrected chi connectivity index (χ0v) is 15.3. The van der Waals surface area contributed by atoms with Crippen molar-refractivity contribution in [3.05, 3.63) is 88.2 Å². The van der Waals surface area contributed by atoms with Crippen molar-refractivity contribution >= 4 is 22.9 Å². The Morgan fingerprint density at radius 3 is 2.63 bits per heavy atom. The highest BCUT2D eigenvalue weighted by atomic mass is 35.5. The Kier molecular flexibility index (Phi) is 4.78. The van der Waals surface area contributed by atoms with Crippen LogP contribution in [-0.2, 0) is 0 Å². The second kappa shape index (κ2) is 7.23. The first-order valence-electron chi connectivity index (χ1n) is 7.95. The summed E-state index contributed by atoms with van der Waals surface area (Å²) in [6.07, 6.45) is 3.43. The molecule has 0 saturated carbocycles. The quantitative estimate of drug-likeness (QED) is 0.449. The largest absolute Gasteiger partial charge is 0.463 e. The summed E-state index contributed by atoms with van der Waals surface area (Å²) in [5.74, 6) is -1.34. The van der Waals surface area contributed by atoms with E-state index in [0.29, 0.717) is 21.0 Å². The van der Waals surface area contributed by atoms with E-state index in [1.165, 1.54) is 29.9 Å². The van der Waals surface area contributed by atoms with Crippen LogP contribution in [0.25, 0.3) is 21.8 Å². The van der Waals surface area contributed by atoms with Gasteiger partial charge >= 0.3 is 0 Å². The van der Waals surface area contributed by atoms with Gasteiger partial charge in [0.1, 0.15) is 29.8 Å². The average Bonchev–Trinajstić information content (AvgIpc) is 3.28. The molecule has 1 unspecified atom stereocenters. The minimum Gasteiger partial charge on any atom is -0.463 e. The van der Waals surface area contributed by atoms with Crippen LogP contribution in [0.3, 0.4) is 0 Å². The molecule has 4 rings (SSSR count). The summed E-state index contributed by atoms with van der Waals surface area (Å²) in [6.45, 7) is 0. The molecule has 0 radical (unpaired) electrons. The van der Waals surface area contributed by atoms with Crippen LogP contribution < -0.4 is 0 Å². The minimum atomic E-state index is -1.12. The summed E-state index contributed by atoms with van der Waals surface area (Å²) in [7, 11) is 0. The maximum atomic E-state index is 14.4. The van der Waals surface area contributed by atoms with E-state index in [9.17, 15) is 13.9 Å². The summed E-state index contributed by atoms with van der Waals surface area (Å²) in [4.78, 5) is 4.78. The molecule has 136 valence electrons. The Labute approximate surface area is 162 Å². The third-order valence-corrected chi connectivity index (χ3v) is 5.38. The first-order valence-corrected chi connectivity index (χ1v) is 9.14. The number of rotatable bonds is 4. The van der Waals surface area contributed by atoms with Gasteiger partial charge in [0.2, 0.25) is 0 Å². The van der Waals surface area contributed by atoms with Crippen LogP contribution in [0.2, 0.25) is 4.34 Å². The molecule has 4 aromatic rings. The summed E-state index contributed by atoms with van der Waals surface area (Å²) >= 11 is 7.35. The fourth-order valence-electron chi connectivity index (χ4n) is 2.88. The molecule has 3 heterocycles. The van der Waals surface area contributed by atoms with E-state index >= 15 is 0 Å². The molecule has 3 aromatic heterocycles. The number of nitrogens with zero attached hydrogens (tertiary/aromatic N) is 1. The van der Waals surface area contributed by atoms with Crippen LogP contribution in [0.15, 0.2) is 65.5 Å². The molecule has 0 aliphatic carbocycles. The predicted molar refractivity (Wildman–Crippen MR) is 101 cm³/mol. The molecule has 27 heavy (non-hydrogen) atoms. The van der Waals surface area contributed by atoms with Gasteiger partial charge in [0.15, 0.2) is 0 Å². The number of pyridine rings is 1. The maximum Gasteiger partial charge on any atom is 0.143 e. The van der Waals surface area contributed by atoms with E-state index in [4.69, 9.17) is 16.0 Å². The van der Waals surface area contributed by atoms with Gasteiger partial charge in [0, 0.05) is 40.0 Å². The lowest BCUT2D eigenvalue weighted by atomic mass is 9.95. The van der Waals surface area contributed by atoms with Crippen molar-refractivity contribution in [1.29, 1.82) is 0 Å². The minimum absolute atomic E-state index is 0.0586. The van der Waals surface area contributed by atoms with Crippen LogP contribution in [0.5, 0.6) is 0 Å². The molecule has 0 amide bonds. The van der Waals surface area contributed by atoms with Gasteiger partial charge in [0.05, 0.1) is 9.90 Å². The molecule has 3 nitrogen and oxygen atoms in total. The normalized spacial score (nSPS) is 12.3. The zero-order valence-electron chi connectivity index (χ0n) is 13.7. The molecule has 0 saturated heterocycles. The van der Waals surface area contributed by atoms with E-state index in [-0.39, 0.29) is 11.3 Å². The first-order chi connectivity index (χ1) is 13.0. The highest BCUT2D eigenvalue weighted by molar-refractivity contribution is 7.19. The highest BCUT2D eigenvalue weighted by Gasteiger charge is 2.27. The van der Waals surface area contributed by atoms with Crippen molar-refractivity contribution in [3.8, 4) is 21.8 Å². The molecule has 1 atom stereocenters. The molecular weight excluding hydrogens is 392 g/mol. The average molecular weight is 404 g/mol. The Morgan fingerprint density at radius 1 is 1.11 bits per heavy atom. The van der Waals surface area contributed by atoms with Gasteiger partial charge in [-0.05, 0) is 30.3 Å². The van der Waals surface area contributed by atoms with E-state index in [2.05, 4.69) is 4.98 Å². The lowest BCUT2D eigenvalue weighted by Crippen LogP contribution is -2.02. The van der Waals surface area contributed by atoms with Crippen LogP contribution in [0, 0.1) is 11.6 Å². The number of furan rings is 1. The lowest BCUT2D eigenvalue weighted by molar-refractivity contribution is 0.220. The summed E-state index contributed by atoms with van der Waals surface area (Å²) in [5, 5.41) is 11.0. The monoisotopic (exact) mass is 403 g/mol. The van der Waals surface area contributed by atoms with Crippen LogP contribution in [0.4, 0.5) is 8.78 Å². The van der Waals surface area contributed by atoms with Gasteiger partial charge in [-0.15, -0.1) is 11.3 Å². The number of thiophene rings is 1. The standard InChI is InChI=1S/C20H12ClF2NO2S/c21-17-6-5-16(27-17)14-10-26-20(13-4-3-12(22)8-15(13)23)18(14)19(25)11-2-1-7-24-9-11/h1-10,19,25H. The third-order valence-electron chi connectivity index (χ3n) is 4.12. The second-order valence-corrected chi connectivity index (χ2v) is 7.52. The van der Waals surface area contributed by atoms with E-state index in [0.717, 1.165) is 17.0 Å². The highest BCUT2D eigenvalue weighted by Crippen LogP contribution is 2.43. The van der Waals surface area contributed by atoms with Gasteiger partial charge in [-0.2, -0.15) is 0 Å². The fourth-order valence-corrected chi connectivity index (χ4v) is 3.94. The van der Waals surface area contributed by atoms with Crippen molar-refractivity contribution < 1.29 is 18.3 Å². The smallest absolute Gasteiger partial charge is 0.143 e.